The summed E-state index contributed by atoms with van der Waals surface area (Å²) in [4.78, 5) is 2.49. The molecule has 1 saturated heterocycles. The van der Waals surface area contributed by atoms with Crippen molar-refractivity contribution in [1.29, 1.82) is 0 Å². The molecule has 188 valence electrons. The Balaban J connectivity index is 0.000000156. The standard InChI is InChI=1S/C13H19NO.C11H14O2.C6H6O/c1-3-7-13(8-4-1)15-12-11-14-9-5-2-6-10-14;1-11(2)5-6-13-10-4-3-8(12)7-9(10)11;7-6-4-2-1-3-5-6/h1,3-4,7-8H,2,5-6,9-12H2;3-4,7,12H,5-6H2,1-2H3;1-5,7H. The quantitative estimate of drug-likeness (QED) is 0.456. The molecule has 1 fully saturated rings. The normalized spacial score (nSPS) is 16.3. The van der Waals surface area contributed by atoms with Crippen molar-refractivity contribution in [1.82, 2.24) is 4.90 Å². The lowest BCUT2D eigenvalue weighted by molar-refractivity contribution is 0.183. The molecule has 2 N–H and O–H groups in total. The van der Waals surface area contributed by atoms with E-state index in [4.69, 9.17) is 14.6 Å². The van der Waals surface area contributed by atoms with Crippen LogP contribution in [0.4, 0.5) is 0 Å². The Morgan fingerprint density at radius 2 is 1.49 bits per heavy atom. The number of para-hydroxylation sites is 2. The third-order valence-corrected chi connectivity index (χ3v) is 6.30. The van der Waals surface area contributed by atoms with E-state index in [1.165, 1.54) is 32.4 Å². The topological polar surface area (TPSA) is 62.2 Å². The molecule has 5 rings (SSSR count). The van der Waals surface area contributed by atoms with Crippen molar-refractivity contribution >= 4 is 0 Å². The Morgan fingerprint density at radius 3 is 2.11 bits per heavy atom. The molecule has 0 spiro atoms. The molecule has 35 heavy (non-hydrogen) atoms. The monoisotopic (exact) mass is 477 g/mol. The molecule has 3 aromatic rings. The van der Waals surface area contributed by atoms with Crippen LogP contribution in [0.3, 0.4) is 0 Å². The number of hydrogen-bond acceptors (Lipinski definition) is 5. The average molecular weight is 478 g/mol. The van der Waals surface area contributed by atoms with E-state index in [1.54, 1.807) is 36.4 Å². The fourth-order valence-electron chi connectivity index (χ4n) is 4.14. The first-order valence-electron chi connectivity index (χ1n) is 12.5. The smallest absolute Gasteiger partial charge is 0.123 e. The predicted molar refractivity (Wildman–Crippen MR) is 142 cm³/mol. The van der Waals surface area contributed by atoms with Crippen molar-refractivity contribution < 1.29 is 19.7 Å². The van der Waals surface area contributed by atoms with Crippen molar-refractivity contribution in [2.24, 2.45) is 0 Å². The number of ether oxygens (including phenoxy) is 2. The summed E-state index contributed by atoms with van der Waals surface area (Å²) >= 11 is 0. The Morgan fingerprint density at radius 1 is 0.829 bits per heavy atom. The lowest BCUT2D eigenvalue weighted by atomic mass is 9.80. The van der Waals surface area contributed by atoms with Crippen LogP contribution in [0.2, 0.25) is 0 Å². The van der Waals surface area contributed by atoms with Gasteiger partial charge in [0.05, 0.1) is 6.61 Å². The van der Waals surface area contributed by atoms with Crippen LogP contribution < -0.4 is 9.47 Å². The molecule has 0 bridgehead atoms. The van der Waals surface area contributed by atoms with Gasteiger partial charge in [-0.25, -0.2) is 0 Å². The Bertz CT molecular complexity index is 986. The molecule has 0 radical (unpaired) electrons. The van der Waals surface area contributed by atoms with Gasteiger partial charge in [0, 0.05) is 12.1 Å². The van der Waals surface area contributed by atoms with Crippen LogP contribution in [0, 0.1) is 0 Å². The minimum Gasteiger partial charge on any atom is -0.508 e. The highest BCUT2D eigenvalue weighted by atomic mass is 16.5. The highest BCUT2D eigenvalue weighted by molar-refractivity contribution is 5.45. The maximum Gasteiger partial charge on any atom is 0.123 e. The molecule has 2 aliphatic rings. The number of phenolic OH excluding ortho intramolecular Hbond substituents is 2. The number of rotatable bonds is 4. The molecule has 0 unspecified atom stereocenters. The van der Waals surface area contributed by atoms with E-state index in [-0.39, 0.29) is 5.41 Å². The lowest BCUT2D eigenvalue weighted by Gasteiger charge is -2.32. The fourth-order valence-corrected chi connectivity index (χ4v) is 4.14. The number of benzene rings is 3. The zero-order valence-electron chi connectivity index (χ0n) is 21.0. The Labute approximate surface area is 210 Å². The van der Waals surface area contributed by atoms with Gasteiger partial charge < -0.3 is 19.7 Å². The van der Waals surface area contributed by atoms with Gasteiger partial charge in [0.1, 0.15) is 29.6 Å². The SMILES string of the molecule is CC1(C)CCOc2ccc(O)cc21.Oc1ccccc1.c1ccc(OCCN2CCCCC2)cc1. The number of likely N-dealkylation sites (tertiary alicyclic amines) is 1. The first-order chi connectivity index (χ1) is 16.9. The van der Waals surface area contributed by atoms with Crippen LogP contribution in [-0.4, -0.2) is 48.0 Å². The second-order valence-electron chi connectivity index (χ2n) is 9.56. The van der Waals surface area contributed by atoms with Crippen LogP contribution >= 0.6 is 0 Å². The van der Waals surface area contributed by atoms with Gasteiger partial charge in [0.2, 0.25) is 0 Å². The van der Waals surface area contributed by atoms with E-state index in [0.29, 0.717) is 11.5 Å². The molecule has 0 aromatic heterocycles. The second-order valence-corrected chi connectivity index (χ2v) is 9.56. The fraction of sp³-hybridized carbons (Fsp3) is 0.400. The molecule has 0 atom stereocenters. The van der Waals surface area contributed by atoms with E-state index in [9.17, 15) is 5.11 Å². The average Bonchev–Trinajstić information content (AvgIpc) is 2.87. The summed E-state index contributed by atoms with van der Waals surface area (Å²) in [6, 6.07) is 24.1. The van der Waals surface area contributed by atoms with Gasteiger partial charge >= 0.3 is 0 Å². The van der Waals surface area contributed by atoms with Crippen molar-refractivity contribution in [3.63, 3.8) is 0 Å². The van der Waals surface area contributed by atoms with Crippen LogP contribution in [-0.2, 0) is 5.41 Å². The molecule has 5 heteroatoms. The molecule has 0 aliphatic carbocycles. The lowest BCUT2D eigenvalue weighted by Crippen LogP contribution is -2.33. The number of phenols is 2. The van der Waals surface area contributed by atoms with Gasteiger partial charge in [-0.2, -0.15) is 0 Å². The summed E-state index contributed by atoms with van der Waals surface area (Å²) in [5.41, 5.74) is 1.23. The van der Waals surface area contributed by atoms with E-state index in [0.717, 1.165) is 43.2 Å². The third kappa shape index (κ3) is 9.18. The maximum absolute atomic E-state index is 9.36. The van der Waals surface area contributed by atoms with Crippen LogP contribution in [0.25, 0.3) is 0 Å². The molecular formula is C30H39NO4. The Kier molecular flexibility index (Phi) is 10.3. The molecular weight excluding hydrogens is 438 g/mol. The van der Waals surface area contributed by atoms with E-state index < -0.39 is 0 Å². The molecule has 0 saturated carbocycles. The molecule has 2 aliphatic heterocycles. The van der Waals surface area contributed by atoms with Crippen molar-refractivity contribution in [2.45, 2.75) is 44.9 Å². The minimum absolute atomic E-state index is 0.117. The highest BCUT2D eigenvalue weighted by Gasteiger charge is 2.28. The number of piperidine rings is 1. The van der Waals surface area contributed by atoms with Gasteiger partial charge in [0.25, 0.3) is 0 Å². The summed E-state index contributed by atoms with van der Waals surface area (Å²) in [5.74, 6) is 2.53. The number of hydrogen-bond donors (Lipinski definition) is 2. The van der Waals surface area contributed by atoms with Crippen molar-refractivity contribution in [2.75, 3.05) is 32.8 Å². The zero-order valence-corrected chi connectivity index (χ0v) is 21.0. The highest BCUT2D eigenvalue weighted by Crippen LogP contribution is 2.39. The number of nitrogens with zero attached hydrogens (tertiary/aromatic N) is 1. The molecule has 3 aromatic carbocycles. The largest absolute Gasteiger partial charge is 0.508 e. The van der Waals surface area contributed by atoms with Crippen LogP contribution in [0.1, 0.15) is 45.1 Å². The van der Waals surface area contributed by atoms with E-state index in [1.807, 2.05) is 42.5 Å². The minimum atomic E-state index is 0.117. The van der Waals surface area contributed by atoms with Crippen LogP contribution in [0.15, 0.2) is 78.9 Å². The van der Waals surface area contributed by atoms with Crippen molar-refractivity contribution in [3.8, 4) is 23.0 Å². The maximum atomic E-state index is 9.36. The summed E-state index contributed by atoms with van der Waals surface area (Å²) in [6.45, 7) is 9.49. The summed E-state index contributed by atoms with van der Waals surface area (Å²) in [5, 5.41) is 18.0. The van der Waals surface area contributed by atoms with E-state index in [2.05, 4.69) is 18.7 Å². The zero-order chi connectivity index (χ0) is 24.9. The van der Waals surface area contributed by atoms with Gasteiger partial charge in [-0.3, -0.25) is 4.90 Å². The molecule has 0 amide bonds. The summed E-state index contributed by atoms with van der Waals surface area (Å²) < 4.78 is 11.2. The first kappa shape index (κ1) is 26.4. The molecule has 5 nitrogen and oxygen atoms in total. The first-order valence-corrected chi connectivity index (χ1v) is 12.5. The van der Waals surface area contributed by atoms with Gasteiger partial charge in [-0.15, -0.1) is 0 Å². The predicted octanol–water partition coefficient (Wildman–Crippen LogP) is 6.40. The second kappa shape index (κ2) is 13.6. The number of aromatic hydroxyl groups is 2. The summed E-state index contributed by atoms with van der Waals surface area (Å²) in [6.07, 6.45) is 5.11. The van der Waals surface area contributed by atoms with E-state index >= 15 is 0 Å². The van der Waals surface area contributed by atoms with Crippen molar-refractivity contribution in [3.05, 3.63) is 84.4 Å². The Hall–Kier alpha value is -3.18. The van der Waals surface area contributed by atoms with Gasteiger partial charge in [-0.05, 0) is 80.2 Å². The van der Waals surface area contributed by atoms with Crippen LogP contribution in [0.5, 0.6) is 23.0 Å². The molecule has 2 heterocycles. The summed E-state index contributed by atoms with van der Waals surface area (Å²) in [7, 11) is 0. The third-order valence-electron chi connectivity index (χ3n) is 6.30. The van der Waals surface area contributed by atoms with Gasteiger partial charge in [0.15, 0.2) is 0 Å². The number of fused-ring (bicyclic) bond motifs is 1. The van der Waals surface area contributed by atoms with Gasteiger partial charge in [-0.1, -0.05) is 56.7 Å².